The van der Waals surface area contributed by atoms with Gasteiger partial charge in [-0.1, -0.05) is 66.7 Å². The average molecular weight is 405 g/mol. The number of hydrogen-bond donors (Lipinski definition) is 2. The van der Waals surface area contributed by atoms with Crippen LogP contribution in [0.15, 0.2) is 103 Å². The van der Waals surface area contributed by atoms with Crippen LogP contribution in [0, 0.1) is 0 Å². The first-order valence-corrected chi connectivity index (χ1v) is 9.91. The maximum Gasteiger partial charge on any atom is 0.263 e. The van der Waals surface area contributed by atoms with Gasteiger partial charge in [0.05, 0.1) is 5.69 Å². The molecule has 6 nitrogen and oxygen atoms in total. The van der Waals surface area contributed by atoms with Gasteiger partial charge in [-0.3, -0.25) is 4.79 Å². The summed E-state index contributed by atoms with van der Waals surface area (Å²) in [5.41, 5.74) is 4.23. The van der Waals surface area contributed by atoms with Crippen LogP contribution in [0.25, 0.3) is 16.9 Å². The summed E-state index contributed by atoms with van der Waals surface area (Å²) < 4.78 is 1.71. The molecular formula is C25H19N5O. The Bertz CT molecular complexity index is 1330. The highest BCUT2D eigenvalue weighted by Gasteiger charge is 2.23. The third-order valence-corrected chi connectivity index (χ3v) is 4.88. The number of carbonyl (C=O) groups is 1. The summed E-state index contributed by atoms with van der Waals surface area (Å²) >= 11 is 0. The fraction of sp³-hybridized carbons (Fsp3) is 0. The van der Waals surface area contributed by atoms with Crippen molar-refractivity contribution >= 4 is 28.7 Å². The van der Waals surface area contributed by atoms with Gasteiger partial charge < -0.3 is 10.6 Å². The van der Waals surface area contributed by atoms with Crippen molar-refractivity contribution in [2.24, 2.45) is 0 Å². The number of amides is 1. The highest BCUT2D eigenvalue weighted by molar-refractivity contribution is 6.12. The monoisotopic (exact) mass is 405 g/mol. The van der Waals surface area contributed by atoms with Crippen LogP contribution in [-0.2, 0) is 0 Å². The molecule has 0 atom stereocenters. The van der Waals surface area contributed by atoms with E-state index in [1.54, 1.807) is 10.7 Å². The molecule has 0 saturated heterocycles. The number of anilines is 3. The van der Waals surface area contributed by atoms with Gasteiger partial charge >= 0.3 is 0 Å². The third kappa shape index (κ3) is 3.74. The number of fused-ring (bicyclic) bond motifs is 1. The number of aromatic nitrogens is 3. The van der Waals surface area contributed by atoms with E-state index >= 15 is 0 Å². The molecule has 5 rings (SSSR count). The highest BCUT2D eigenvalue weighted by Crippen LogP contribution is 2.28. The van der Waals surface area contributed by atoms with Gasteiger partial charge in [-0.25, -0.2) is 9.50 Å². The van der Waals surface area contributed by atoms with Crippen molar-refractivity contribution in [3.63, 3.8) is 0 Å². The van der Waals surface area contributed by atoms with Gasteiger partial charge in [-0.05, 0) is 30.3 Å². The lowest BCUT2D eigenvalue weighted by Gasteiger charge is -2.07. The zero-order chi connectivity index (χ0) is 21.0. The summed E-state index contributed by atoms with van der Waals surface area (Å²) in [6.07, 6.45) is 1.70. The molecule has 3 aromatic carbocycles. The number of para-hydroxylation sites is 2. The molecule has 0 aliphatic rings. The Balaban J connectivity index is 1.65. The van der Waals surface area contributed by atoms with E-state index in [1.165, 1.54) is 0 Å². The molecule has 0 bridgehead atoms. The molecule has 1 amide bonds. The molecule has 2 heterocycles. The Morgan fingerprint density at radius 3 is 2.03 bits per heavy atom. The first kappa shape index (κ1) is 18.6. The van der Waals surface area contributed by atoms with Crippen molar-refractivity contribution in [2.75, 3.05) is 10.6 Å². The molecule has 2 aromatic heterocycles. The predicted octanol–water partition coefficient (Wildman–Crippen LogP) is 5.39. The van der Waals surface area contributed by atoms with Crippen LogP contribution in [0.3, 0.4) is 0 Å². The van der Waals surface area contributed by atoms with Crippen molar-refractivity contribution in [2.45, 2.75) is 0 Å². The lowest BCUT2D eigenvalue weighted by molar-refractivity contribution is 0.102. The zero-order valence-electron chi connectivity index (χ0n) is 16.6. The summed E-state index contributed by atoms with van der Waals surface area (Å²) in [6, 6.07) is 30.8. The quantitative estimate of drug-likeness (QED) is 0.411. The van der Waals surface area contributed by atoms with Crippen molar-refractivity contribution in [3.05, 3.63) is 109 Å². The van der Waals surface area contributed by atoms with E-state index in [0.717, 1.165) is 16.9 Å². The topological polar surface area (TPSA) is 71.3 Å². The van der Waals surface area contributed by atoms with Gasteiger partial charge in [-0.2, -0.15) is 0 Å². The molecule has 150 valence electrons. The maximum absolute atomic E-state index is 13.3. The van der Waals surface area contributed by atoms with E-state index in [4.69, 9.17) is 5.10 Å². The summed E-state index contributed by atoms with van der Waals surface area (Å²) in [5, 5.41) is 11.0. The number of hydrogen-bond acceptors (Lipinski definition) is 4. The van der Waals surface area contributed by atoms with Gasteiger partial charge in [0.2, 0.25) is 0 Å². The van der Waals surface area contributed by atoms with Crippen LogP contribution in [0.2, 0.25) is 0 Å². The minimum absolute atomic E-state index is 0.280. The lowest BCUT2D eigenvalue weighted by atomic mass is 10.1. The minimum Gasteiger partial charge on any atom is -0.338 e. The second-order valence-corrected chi connectivity index (χ2v) is 6.97. The van der Waals surface area contributed by atoms with Crippen molar-refractivity contribution in [3.8, 4) is 11.3 Å². The number of benzene rings is 3. The zero-order valence-corrected chi connectivity index (χ0v) is 16.6. The molecule has 31 heavy (non-hydrogen) atoms. The number of nitrogens with one attached hydrogen (secondary N) is 2. The minimum atomic E-state index is -0.280. The van der Waals surface area contributed by atoms with Crippen LogP contribution in [0.5, 0.6) is 0 Å². The van der Waals surface area contributed by atoms with E-state index in [1.807, 2.05) is 97.1 Å². The predicted molar refractivity (Wildman–Crippen MR) is 123 cm³/mol. The fourth-order valence-corrected chi connectivity index (χ4v) is 3.44. The summed E-state index contributed by atoms with van der Waals surface area (Å²) in [4.78, 5) is 17.8. The third-order valence-electron chi connectivity index (χ3n) is 4.88. The molecule has 0 spiro atoms. The molecule has 0 radical (unpaired) electrons. The molecule has 2 N–H and O–H groups in total. The Morgan fingerprint density at radius 2 is 1.35 bits per heavy atom. The second-order valence-electron chi connectivity index (χ2n) is 6.97. The fourth-order valence-electron chi connectivity index (χ4n) is 3.44. The Kier molecular flexibility index (Phi) is 4.86. The van der Waals surface area contributed by atoms with Gasteiger partial charge in [0.25, 0.3) is 5.91 Å². The number of carbonyl (C=O) groups excluding carboxylic acids is 1. The molecule has 0 aliphatic heterocycles. The van der Waals surface area contributed by atoms with Gasteiger partial charge in [-0.15, -0.1) is 5.10 Å². The van der Waals surface area contributed by atoms with Crippen molar-refractivity contribution in [1.29, 1.82) is 0 Å². The second kappa shape index (κ2) is 8.12. The lowest BCUT2D eigenvalue weighted by Crippen LogP contribution is -2.13. The molecular weight excluding hydrogens is 386 g/mol. The van der Waals surface area contributed by atoms with Crippen LogP contribution in [0.4, 0.5) is 17.2 Å². The summed E-state index contributed by atoms with van der Waals surface area (Å²) in [7, 11) is 0. The van der Waals surface area contributed by atoms with Gasteiger partial charge in [0.1, 0.15) is 5.56 Å². The smallest absolute Gasteiger partial charge is 0.263 e. The largest absolute Gasteiger partial charge is 0.338 e. The van der Waals surface area contributed by atoms with E-state index in [-0.39, 0.29) is 5.91 Å². The Morgan fingerprint density at radius 1 is 0.742 bits per heavy atom. The normalized spacial score (nSPS) is 10.7. The number of nitrogens with zero attached hydrogens (tertiary/aromatic N) is 3. The Labute approximate surface area is 179 Å². The van der Waals surface area contributed by atoms with Gasteiger partial charge in [0.15, 0.2) is 11.5 Å². The maximum atomic E-state index is 13.3. The summed E-state index contributed by atoms with van der Waals surface area (Å²) in [5.74, 6) is 0.160. The first-order valence-electron chi connectivity index (χ1n) is 9.91. The van der Waals surface area contributed by atoms with E-state index < -0.39 is 0 Å². The van der Waals surface area contributed by atoms with Crippen LogP contribution >= 0.6 is 0 Å². The number of rotatable bonds is 5. The standard InChI is InChI=1S/C25H19N5O/c31-25(28-20-14-8-3-9-15-20)22-23(27-19-12-6-2-7-13-19)29-30-21(16-17-26-24(22)30)18-10-4-1-5-11-18/h1-17H,(H,27,29)(H,28,31). The van der Waals surface area contributed by atoms with Crippen LogP contribution in [-0.4, -0.2) is 20.5 Å². The summed E-state index contributed by atoms with van der Waals surface area (Å²) in [6.45, 7) is 0. The van der Waals surface area contributed by atoms with E-state index in [9.17, 15) is 4.79 Å². The van der Waals surface area contributed by atoms with Crippen molar-refractivity contribution < 1.29 is 4.79 Å². The molecule has 0 fully saturated rings. The molecule has 0 unspecified atom stereocenters. The van der Waals surface area contributed by atoms with Crippen LogP contribution in [0.1, 0.15) is 10.4 Å². The Hall–Kier alpha value is -4.45. The SMILES string of the molecule is O=C(Nc1ccccc1)c1c(Nc2ccccc2)nn2c(-c3ccccc3)ccnc12. The molecule has 5 aromatic rings. The van der Waals surface area contributed by atoms with Crippen molar-refractivity contribution in [1.82, 2.24) is 14.6 Å². The molecule has 0 aliphatic carbocycles. The van der Waals surface area contributed by atoms with E-state index in [0.29, 0.717) is 22.7 Å². The van der Waals surface area contributed by atoms with Crippen LogP contribution < -0.4 is 10.6 Å². The van der Waals surface area contributed by atoms with Gasteiger partial charge in [0, 0.05) is 23.1 Å². The van der Waals surface area contributed by atoms with E-state index in [2.05, 4.69) is 15.6 Å². The highest BCUT2D eigenvalue weighted by atomic mass is 16.1. The first-order chi connectivity index (χ1) is 15.3. The molecule has 0 saturated carbocycles. The average Bonchev–Trinajstić information content (AvgIpc) is 3.19. The molecule has 6 heteroatoms.